The minimum Gasteiger partial charge on any atom is -0.487 e. The Kier molecular flexibility index (Phi) is 7.53. The molecule has 1 amide bonds. The van der Waals surface area contributed by atoms with Crippen LogP contribution in [0.4, 0.5) is 18.9 Å². The molecule has 3 aromatic carbocycles. The van der Waals surface area contributed by atoms with Crippen LogP contribution in [0.3, 0.4) is 0 Å². The number of benzene rings is 3. The van der Waals surface area contributed by atoms with Gasteiger partial charge in [0.2, 0.25) is 5.91 Å². The number of para-hydroxylation sites is 1. The largest absolute Gasteiger partial charge is 0.573 e. The summed E-state index contributed by atoms with van der Waals surface area (Å²) in [6.07, 6.45) is -3.13. The maximum atomic E-state index is 12.6. The summed E-state index contributed by atoms with van der Waals surface area (Å²) in [6, 6.07) is 16.7. The Morgan fingerprint density at radius 1 is 1.05 bits per heavy atom. The number of aryl methyl sites for hydroxylation is 3. The Hall–Kier alpha value is -4.32. The second-order valence-electron chi connectivity index (χ2n) is 9.04. The summed E-state index contributed by atoms with van der Waals surface area (Å²) in [6.45, 7) is 4.05. The first-order valence-electron chi connectivity index (χ1n) is 12.2. The zero-order chi connectivity index (χ0) is 28.4. The van der Waals surface area contributed by atoms with Crippen molar-refractivity contribution >= 4 is 45.6 Å². The van der Waals surface area contributed by atoms with Gasteiger partial charge in [0.1, 0.15) is 23.8 Å². The predicted octanol–water partition coefficient (Wildman–Crippen LogP) is 6.14. The Bertz CT molecular complexity index is 1610. The molecule has 0 radical (unpaired) electrons. The molecular formula is C28H24F3N5O3S. The van der Waals surface area contributed by atoms with Crippen LogP contribution in [0, 0.1) is 13.8 Å². The number of alkyl halides is 3. The summed E-state index contributed by atoms with van der Waals surface area (Å²) in [7, 11) is 1.80. The lowest BCUT2D eigenvalue weighted by Gasteiger charge is -2.20. The van der Waals surface area contributed by atoms with Gasteiger partial charge in [-0.15, -0.1) is 18.3 Å². The number of carbonyl (C=O) groups is 1. The zero-order valence-electron chi connectivity index (χ0n) is 21.8. The van der Waals surface area contributed by atoms with Gasteiger partial charge in [0.15, 0.2) is 5.17 Å². The molecule has 1 aliphatic heterocycles. The highest BCUT2D eigenvalue weighted by Crippen LogP contribution is 2.32. The number of ether oxygens (including phenoxy) is 2. The van der Waals surface area contributed by atoms with Gasteiger partial charge in [-0.1, -0.05) is 42.1 Å². The highest BCUT2D eigenvalue weighted by molar-refractivity contribution is 8.15. The highest BCUT2D eigenvalue weighted by Gasteiger charge is 2.32. The number of hydrogen-bond acceptors (Lipinski definition) is 7. The van der Waals surface area contributed by atoms with E-state index in [1.807, 2.05) is 50.2 Å². The topological polar surface area (TPSA) is 81.3 Å². The summed E-state index contributed by atoms with van der Waals surface area (Å²) >= 11 is 1.35. The second-order valence-corrected chi connectivity index (χ2v) is 9.98. The van der Waals surface area contributed by atoms with Crippen LogP contribution in [0.25, 0.3) is 10.9 Å². The lowest BCUT2D eigenvalue weighted by Crippen LogP contribution is -2.30. The number of fused-ring (bicyclic) bond motifs is 1. The number of halogens is 3. The Balaban J connectivity index is 1.30. The Morgan fingerprint density at radius 3 is 2.45 bits per heavy atom. The van der Waals surface area contributed by atoms with Crippen molar-refractivity contribution in [3.63, 3.8) is 0 Å². The first-order valence-corrected chi connectivity index (χ1v) is 13.1. The van der Waals surface area contributed by atoms with Crippen LogP contribution in [0.15, 0.2) is 70.9 Å². The van der Waals surface area contributed by atoms with Crippen LogP contribution < -0.4 is 14.4 Å². The standard InChI is InChI=1S/C28H24F3N5O3S/c1-17-5-4-6-18(2)26(17)36-25(37)16-40-27(36)33-32-14-19-7-12-22-23(34-35(3)24(22)13-19)15-38-20-8-10-21(11-9-20)39-28(29,30)31/h4-14H,15-16H2,1-3H3/b32-14+,33-27-. The van der Waals surface area contributed by atoms with Crippen LogP contribution in [-0.2, 0) is 18.4 Å². The third kappa shape index (κ3) is 5.96. The molecular weight excluding hydrogens is 543 g/mol. The van der Waals surface area contributed by atoms with E-state index in [-0.39, 0.29) is 18.3 Å². The van der Waals surface area contributed by atoms with Crippen molar-refractivity contribution in [3.05, 3.63) is 83.0 Å². The number of rotatable bonds is 7. The molecule has 0 bridgehead atoms. The normalized spacial score (nSPS) is 15.1. The van der Waals surface area contributed by atoms with E-state index in [0.29, 0.717) is 22.4 Å². The maximum Gasteiger partial charge on any atom is 0.573 e. The number of anilines is 1. The minimum atomic E-state index is -4.75. The smallest absolute Gasteiger partial charge is 0.487 e. The van der Waals surface area contributed by atoms with Crippen molar-refractivity contribution in [2.24, 2.45) is 17.3 Å². The van der Waals surface area contributed by atoms with Gasteiger partial charge in [-0.05, 0) is 60.9 Å². The van der Waals surface area contributed by atoms with Crippen molar-refractivity contribution in [3.8, 4) is 11.5 Å². The van der Waals surface area contributed by atoms with E-state index in [1.165, 1.54) is 36.0 Å². The third-order valence-electron chi connectivity index (χ3n) is 6.16. The molecule has 1 aliphatic rings. The van der Waals surface area contributed by atoms with Crippen LogP contribution in [-0.4, -0.2) is 39.2 Å². The third-order valence-corrected chi connectivity index (χ3v) is 7.08. The number of nitrogens with zero attached hydrogens (tertiary/aromatic N) is 5. The number of hydrogen-bond donors (Lipinski definition) is 0. The number of carbonyl (C=O) groups excluding carboxylic acids is 1. The molecule has 12 heteroatoms. The minimum absolute atomic E-state index is 0.0343. The Labute approximate surface area is 232 Å². The summed E-state index contributed by atoms with van der Waals surface area (Å²) in [5.74, 6) is 0.334. The van der Waals surface area contributed by atoms with E-state index >= 15 is 0 Å². The average molecular weight is 568 g/mol. The lowest BCUT2D eigenvalue weighted by molar-refractivity contribution is -0.274. The van der Waals surface area contributed by atoms with E-state index in [4.69, 9.17) is 4.74 Å². The summed E-state index contributed by atoms with van der Waals surface area (Å²) in [5.41, 5.74) is 5.11. The number of amides is 1. The molecule has 1 saturated heterocycles. The maximum absolute atomic E-state index is 12.6. The van der Waals surface area contributed by atoms with Gasteiger partial charge in [0, 0.05) is 12.4 Å². The van der Waals surface area contributed by atoms with E-state index in [9.17, 15) is 18.0 Å². The lowest BCUT2D eigenvalue weighted by atomic mass is 10.1. The molecule has 1 fully saturated rings. The molecule has 0 saturated carbocycles. The quantitative estimate of drug-likeness (QED) is 0.198. The monoisotopic (exact) mass is 567 g/mol. The van der Waals surface area contributed by atoms with E-state index in [0.717, 1.165) is 33.3 Å². The molecule has 0 N–H and O–H groups in total. The highest BCUT2D eigenvalue weighted by atomic mass is 32.2. The van der Waals surface area contributed by atoms with E-state index in [1.54, 1.807) is 22.8 Å². The summed E-state index contributed by atoms with van der Waals surface area (Å²) < 4.78 is 48.4. The fourth-order valence-electron chi connectivity index (χ4n) is 4.38. The first-order chi connectivity index (χ1) is 19.1. The average Bonchev–Trinajstić information content (AvgIpc) is 3.41. The van der Waals surface area contributed by atoms with Gasteiger partial charge in [0.25, 0.3) is 0 Å². The second kappa shape index (κ2) is 11.0. The molecule has 0 aliphatic carbocycles. The molecule has 206 valence electrons. The molecule has 0 atom stereocenters. The van der Waals surface area contributed by atoms with E-state index in [2.05, 4.69) is 20.0 Å². The molecule has 1 aromatic heterocycles. The first kappa shape index (κ1) is 27.3. The van der Waals surface area contributed by atoms with Gasteiger partial charge in [-0.2, -0.15) is 10.2 Å². The van der Waals surface area contributed by atoms with Crippen molar-refractivity contribution in [2.75, 3.05) is 10.7 Å². The molecule has 2 heterocycles. The predicted molar refractivity (Wildman–Crippen MR) is 149 cm³/mol. The number of aromatic nitrogens is 2. The molecule has 0 spiro atoms. The summed E-state index contributed by atoms with van der Waals surface area (Å²) in [5, 5.41) is 14.5. The molecule has 0 unspecified atom stereocenters. The van der Waals surface area contributed by atoms with Crippen LogP contribution in [0.2, 0.25) is 0 Å². The number of amidine groups is 1. The van der Waals surface area contributed by atoms with Gasteiger partial charge in [-0.25, -0.2) is 0 Å². The molecule has 40 heavy (non-hydrogen) atoms. The van der Waals surface area contributed by atoms with Gasteiger partial charge in [-0.3, -0.25) is 14.4 Å². The van der Waals surface area contributed by atoms with Crippen molar-refractivity contribution in [1.29, 1.82) is 0 Å². The fraction of sp³-hybridized carbons (Fsp3) is 0.214. The van der Waals surface area contributed by atoms with Gasteiger partial charge < -0.3 is 9.47 Å². The van der Waals surface area contributed by atoms with Crippen molar-refractivity contribution in [1.82, 2.24) is 9.78 Å². The van der Waals surface area contributed by atoms with E-state index < -0.39 is 6.36 Å². The molecule has 4 aromatic rings. The zero-order valence-corrected chi connectivity index (χ0v) is 22.6. The fourth-order valence-corrected chi connectivity index (χ4v) is 5.19. The SMILES string of the molecule is Cc1cccc(C)c1N1C(=O)CS/C1=N\N=C\c1ccc2c(COc3ccc(OC(F)(F)F)cc3)nn(C)c2c1. The van der Waals surface area contributed by atoms with Gasteiger partial charge >= 0.3 is 6.36 Å². The molecule has 5 rings (SSSR count). The van der Waals surface area contributed by atoms with Crippen molar-refractivity contribution < 1.29 is 27.4 Å². The van der Waals surface area contributed by atoms with Crippen LogP contribution in [0.5, 0.6) is 11.5 Å². The van der Waals surface area contributed by atoms with Gasteiger partial charge in [0.05, 0.1) is 23.2 Å². The summed E-state index contributed by atoms with van der Waals surface area (Å²) in [4.78, 5) is 14.2. The Morgan fingerprint density at radius 2 is 1.75 bits per heavy atom. The molecule has 8 nitrogen and oxygen atoms in total. The van der Waals surface area contributed by atoms with Crippen molar-refractivity contribution in [2.45, 2.75) is 26.8 Å². The number of thioether (sulfide) groups is 1. The van der Waals surface area contributed by atoms with Crippen LogP contribution >= 0.6 is 11.8 Å². The van der Waals surface area contributed by atoms with Crippen LogP contribution in [0.1, 0.15) is 22.4 Å².